The third-order valence-electron chi connectivity index (χ3n) is 2.04. The van der Waals surface area contributed by atoms with E-state index in [4.69, 9.17) is 5.11 Å². The molecule has 1 unspecified atom stereocenters. The molecule has 0 aliphatic rings. The smallest absolute Gasteiger partial charge is 0.0503 e. The summed E-state index contributed by atoms with van der Waals surface area (Å²) in [7, 11) is 0. The predicted octanol–water partition coefficient (Wildman–Crippen LogP) is 2.48. The lowest BCUT2D eigenvalue weighted by Gasteiger charge is -2.10. The molecule has 68 valence electrons. The van der Waals surface area contributed by atoms with Gasteiger partial charge in [0.25, 0.3) is 0 Å². The van der Waals surface area contributed by atoms with Gasteiger partial charge < -0.3 is 5.11 Å². The van der Waals surface area contributed by atoms with Crippen molar-refractivity contribution in [3.63, 3.8) is 0 Å². The first-order chi connectivity index (χ1) is 6.29. The van der Waals surface area contributed by atoms with Crippen molar-refractivity contribution in [1.82, 2.24) is 0 Å². The highest BCUT2D eigenvalue weighted by molar-refractivity contribution is 5.66. The van der Waals surface area contributed by atoms with E-state index in [1.807, 2.05) is 37.3 Å². The van der Waals surface area contributed by atoms with Crippen LogP contribution in [0.25, 0.3) is 5.57 Å². The molecule has 0 aliphatic carbocycles. The molecule has 1 aromatic rings. The molecule has 1 atom stereocenters. The Morgan fingerprint density at radius 2 is 2.08 bits per heavy atom. The largest absolute Gasteiger partial charge is 0.396 e. The SMILES string of the molecule is C=C=C(c1ccccc1)C(C)CO. The summed E-state index contributed by atoms with van der Waals surface area (Å²) >= 11 is 0. The van der Waals surface area contributed by atoms with Crippen molar-refractivity contribution in [1.29, 1.82) is 0 Å². The van der Waals surface area contributed by atoms with E-state index in [0.717, 1.165) is 11.1 Å². The molecule has 1 aromatic carbocycles. The fourth-order valence-corrected chi connectivity index (χ4v) is 1.27. The Balaban J connectivity index is 3.00. The zero-order valence-corrected chi connectivity index (χ0v) is 7.83. The monoisotopic (exact) mass is 174 g/mol. The molecule has 13 heavy (non-hydrogen) atoms. The predicted molar refractivity (Wildman–Crippen MR) is 55.2 cm³/mol. The molecular weight excluding hydrogens is 160 g/mol. The summed E-state index contributed by atoms with van der Waals surface area (Å²) in [5.41, 5.74) is 4.93. The average molecular weight is 174 g/mol. The van der Waals surface area contributed by atoms with Crippen molar-refractivity contribution >= 4 is 5.57 Å². The second-order valence-corrected chi connectivity index (χ2v) is 3.04. The van der Waals surface area contributed by atoms with Gasteiger partial charge in [0.15, 0.2) is 0 Å². The Kier molecular flexibility index (Phi) is 3.51. The van der Waals surface area contributed by atoms with Gasteiger partial charge in [-0.1, -0.05) is 43.8 Å². The van der Waals surface area contributed by atoms with E-state index in [9.17, 15) is 0 Å². The Morgan fingerprint density at radius 3 is 2.54 bits per heavy atom. The van der Waals surface area contributed by atoms with Crippen molar-refractivity contribution < 1.29 is 5.11 Å². The van der Waals surface area contributed by atoms with Crippen molar-refractivity contribution in [2.24, 2.45) is 5.92 Å². The van der Waals surface area contributed by atoms with E-state index < -0.39 is 0 Å². The molecule has 0 aliphatic heterocycles. The summed E-state index contributed by atoms with van der Waals surface area (Å²) < 4.78 is 0. The molecule has 0 radical (unpaired) electrons. The molecule has 1 rings (SSSR count). The maximum absolute atomic E-state index is 9.01. The summed E-state index contributed by atoms with van der Waals surface area (Å²) in [6.45, 7) is 5.72. The molecule has 0 heterocycles. The summed E-state index contributed by atoms with van der Waals surface area (Å²) in [5.74, 6) is 0.0971. The van der Waals surface area contributed by atoms with Crippen LogP contribution < -0.4 is 0 Å². The Bertz CT molecular complexity index is 307. The number of aliphatic hydroxyl groups excluding tert-OH is 1. The number of benzene rings is 1. The molecule has 0 bridgehead atoms. The summed E-state index contributed by atoms with van der Waals surface area (Å²) in [6, 6.07) is 9.90. The molecule has 0 amide bonds. The van der Waals surface area contributed by atoms with Gasteiger partial charge >= 0.3 is 0 Å². The van der Waals surface area contributed by atoms with E-state index in [0.29, 0.717) is 0 Å². The van der Waals surface area contributed by atoms with Crippen LogP contribution in [0.1, 0.15) is 12.5 Å². The van der Waals surface area contributed by atoms with Crippen LogP contribution in [-0.2, 0) is 0 Å². The Hall–Kier alpha value is -1.30. The minimum absolute atomic E-state index is 0.0971. The van der Waals surface area contributed by atoms with E-state index in [-0.39, 0.29) is 12.5 Å². The average Bonchev–Trinajstić information content (AvgIpc) is 2.20. The maximum atomic E-state index is 9.01. The van der Waals surface area contributed by atoms with E-state index in [1.165, 1.54) is 0 Å². The lowest BCUT2D eigenvalue weighted by molar-refractivity contribution is 0.266. The standard InChI is InChI=1S/C12H14O/c1-3-12(10(2)9-13)11-7-5-4-6-8-11/h4-8,10,13H,1,9H2,2H3. The van der Waals surface area contributed by atoms with Crippen LogP contribution in [0.5, 0.6) is 0 Å². The van der Waals surface area contributed by atoms with Gasteiger partial charge in [-0.05, 0) is 5.56 Å². The molecule has 1 N–H and O–H groups in total. The van der Waals surface area contributed by atoms with Gasteiger partial charge in [-0.25, -0.2) is 0 Å². The van der Waals surface area contributed by atoms with Crippen LogP contribution >= 0.6 is 0 Å². The van der Waals surface area contributed by atoms with Gasteiger partial charge in [0.1, 0.15) is 0 Å². The van der Waals surface area contributed by atoms with Gasteiger partial charge in [-0.2, -0.15) is 0 Å². The topological polar surface area (TPSA) is 20.2 Å². The maximum Gasteiger partial charge on any atom is 0.0503 e. The number of rotatable bonds is 3. The van der Waals surface area contributed by atoms with Crippen LogP contribution in [0.2, 0.25) is 0 Å². The van der Waals surface area contributed by atoms with Gasteiger partial charge in [0.2, 0.25) is 0 Å². The quantitative estimate of drug-likeness (QED) is 0.698. The molecule has 0 saturated carbocycles. The highest BCUT2D eigenvalue weighted by Crippen LogP contribution is 2.20. The van der Waals surface area contributed by atoms with Gasteiger partial charge in [0.05, 0.1) is 6.61 Å². The Morgan fingerprint density at radius 1 is 1.46 bits per heavy atom. The van der Waals surface area contributed by atoms with Crippen LogP contribution in [0.4, 0.5) is 0 Å². The Labute approximate surface area is 79.0 Å². The minimum Gasteiger partial charge on any atom is -0.396 e. The molecule has 0 spiro atoms. The summed E-state index contributed by atoms with van der Waals surface area (Å²) in [4.78, 5) is 0. The first-order valence-electron chi connectivity index (χ1n) is 4.35. The molecule has 0 aromatic heterocycles. The summed E-state index contributed by atoms with van der Waals surface area (Å²) in [6.07, 6.45) is 0. The fraction of sp³-hybridized carbons (Fsp3) is 0.250. The van der Waals surface area contributed by atoms with Gasteiger partial charge in [0, 0.05) is 11.5 Å². The van der Waals surface area contributed by atoms with E-state index in [2.05, 4.69) is 12.3 Å². The number of hydrogen-bond donors (Lipinski definition) is 1. The lowest BCUT2D eigenvalue weighted by atomic mass is 9.95. The van der Waals surface area contributed by atoms with Crippen molar-refractivity contribution in [2.75, 3.05) is 6.61 Å². The second kappa shape index (κ2) is 4.66. The minimum atomic E-state index is 0.0971. The second-order valence-electron chi connectivity index (χ2n) is 3.04. The first-order valence-corrected chi connectivity index (χ1v) is 4.35. The molecular formula is C12H14O. The first kappa shape index (κ1) is 9.79. The highest BCUT2D eigenvalue weighted by atomic mass is 16.3. The normalized spacial score (nSPS) is 11.8. The van der Waals surface area contributed by atoms with Crippen LogP contribution in [0.15, 0.2) is 42.6 Å². The van der Waals surface area contributed by atoms with Crippen LogP contribution in [0, 0.1) is 5.92 Å². The number of hydrogen-bond acceptors (Lipinski definition) is 1. The van der Waals surface area contributed by atoms with Crippen LogP contribution in [-0.4, -0.2) is 11.7 Å². The zero-order chi connectivity index (χ0) is 9.68. The fourth-order valence-electron chi connectivity index (χ4n) is 1.27. The number of aliphatic hydroxyl groups is 1. The van der Waals surface area contributed by atoms with Crippen LogP contribution in [0.3, 0.4) is 0 Å². The zero-order valence-electron chi connectivity index (χ0n) is 7.83. The molecule has 1 heteroatoms. The third-order valence-corrected chi connectivity index (χ3v) is 2.04. The third kappa shape index (κ3) is 2.32. The summed E-state index contributed by atoms with van der Waals surface area (Å²) in [5, 5.41) is 9.01. The lowest BCUT2D eigenvalue weighted by Crippen LogP contribution is -2.02. The van der Waals surface area contributed by atoms with Gasteiger partial charge in [-0.3, -0.25) is 0 Å². The van der Waals surface area contributed by atoms with E-state index in [1.54, 1.807) is 0 Å². The molecule has 0 fully saturated rings. The van der Waals surface area contributed by atoms with Crippen molar-refractivity contribution in [2.45, 2.75) is 6.92 Å². The molecule has 0 saturated heterocycles. The molecule has 1 nitrogen and oxygen atoms in total. The van der Waals surface area contributed by atoms with E-state index >= 15 is 0 Å². The van der Waals surface area contributed by atoms with Gasteiger partial charge in [-0.15, -0.1) is 5.73 Å². The van der Waals surface area contributed by atoms with Crippen molar-refractivity contribution in [3.05, 3.63) is 48.2 Å². The van der Waals surface area contributed by atoms with Crippen molar-refractivity contribution in [3.8, 4) is 0 Å². The highest BCUT2D eigenvalue weighted by Gasteiger charge is 2.08.